The van der Waals surface area contributed by atoms with Crippen molar-refractivity contribution in [2.75, 3.05) is 0 Å². The molecule has 0 radical (unpaired) electrons. The average molecular weight is 701 g/mol. The fourth-order valence-corrected chi connectivity index (χ4v) is 6.39. The molecule has 0 aliphatic rings. The number of fused-ring (bicyclic) bond motifs is 5. The minimum absolute atomic E-state index is 0.250. The Kier molecular flexibility index (Phi) is 7.79. The fourth-order valence-electron chi connectivity index (χ4n) is 6.39. The van der Waals surface area contributed by atoms with Gasteiger partial charge in [0.15, 0.2) is 34.6 Å². The lowest BCUT2D eigenvalue weighted by Crippen LogP contribution is -2.04. The summed E-state index contributed by atoms with van der Waals surface area (Å²) in [5.74, 6) is -10.3. The van der Waals surface area contributed by atoms with Crippen LogP contribution in [0.25, 0.3) is 87.3 Å². The Bertz CT molecular complexity index is 2930. The summed E-state index contributed by atoms with van der Waals surface area (Å²) >= 11 is 0. The largest absolute Gasteiger partial charge is 0.247 e. The number of hydrogen-bond acceptors (Lipinski definition) is 4. The van der Waals surface area contributed by atoms with Gasteiger partial charge < -0.3 is 0 Å². The predicted octanol–water partition coefficient (Wildman–Crippen LogP) is 11.7. The molecule has 8 aromatic rings. The first-order valence-electron chi connectivity index (χ1n) is 15.8. The number of halogens is 5. The van der Waals surface area contributed by atoms with E-state index in [-0.39, 0.29) is 11.3 Å². The van der Waals surface area contributed by atoms with E-state index >= 15 is 0 Å². The molecule has 6 nitrogen and oxygen atoms in total. The molecule has 0 saturated carbocycles. The van der Waals surface area contributed by atoms with Crippen LogP contribution in [-0.4, -0.2) is 15.0 Å². The second-order valence-corrected chi connectivity index (χ2v) is 11.9. The highest BCUT2D eigenvalue weighted by atomic mass is 19.2. The first-order valence-corrected chi connectivity index (χ1v) is 15.8. The van der Waals surface area contributed by atoms with Gasteiger partial charge in [0.2, 0.25) is 5.82 Å². The van der Waals surface area contributed by atoms with E-state index in [9.17, 15) is 27.2 Å². The summed E-state index contributed by atoms with van der Waals surface area (Å²) in [5, 5.41) is 11.0. The maximum Gasteiger partial charge on any atom is 0.200 e. The zero-order chi connectivity index (χ0) is 37.0. The molecule has 0 unspecified atom stereocenters. The first-order chi connectivity index (χ1) is 25.7. The van der Waals surface area contributed by atoms with E-state index in [0.29, 0.717) is 77.7 Å². The molecule has 0 atom stereocenters. The van der Waals surface area contributed by atoms with Crippen molar-refractivity contribution in [2.24, 2.45) is 0 Å². The SMILES string of the molecule is [C-]#[N+]c1ccc(-c2nc3cc([N+]#[C-])c4c5ccccc5nc(-c5ccc(-c6c(F)c(F)c(F)c(F)c6F)cc5)c4c3nc2-c2ccc(C#N)cc2)cc1. The minimum Gasteiger partial charge on any atom is -0.247 e. The lowest BCUT2D eigenvalue weighted by Gasteiger charge is -2.17. The monoisotopic (exact) mass is 700 g/mol. The molecule has 2 aromatic heterocycles. The van der Waals surface area contributed by atoms with Crippen LogP contribution in [0, 0.1) is 53.6 Å². The smallest absolute Gasteiger partial charge is 0.200 e. The Morgan fingerprint density at radius 1 is 0.528 bits per heavy atom. The Morgan fingerprint density at radius 2 is 1.06 bits per heavy atom. The van der Waals surface area contributed by atoms with Gasteiger partial charge in [-0.3, -0.25) is 0 Å². The van der Waals surface area contributed by atoms with Crippen LogP contribution in [0.15, 0.2) is 103 Å². The van der Waals surface area contributed by atoms with Gasteiger partial charge in [-0.15, -0.1) is 0 Å². The summed E-state index contributed by atoms with van der Waals surface area (Å²) in [7, 11) is 0. The standard InChI is InChI=1S/C42H17F5N6/c1-49-26-17-15-25(16-18-26)40-41(24-9-7-21(20-48)8-10-24)53-42-30(52-40)19-29(50-2)32-27-5-3-4-6-28(27)51-39(33(32)42)23-13-11-22(12-14-23)31-34(43)36(45)38(47)37(46)35(31)44/h3-19H. The van der Waals surface area contributed by atoms with Gasteiger partial charge in [0.25, 0.3) is 0 Å². The van der Waals surface area contributed by atoms with E-state index in [2.05, 4.69) is 15.8 Å². The molecule has 0 spiro atoms. The zero-order valence-electron chi connectivity index (χ0n) is 26.9. The molecule has 0 aliphatic heterocycles. The summed E-state index contributed by atoms with van der Waals surface area (Å²) < 4.78 is 71.5. The number of para-hydroxylation sites is 1. The van der Waals surface area contributed by atoms with Crippen molar-refractivity contribution in [1.82, 2.24) is 15.0 Å². The van der Waals surface area contributed by atoms with Crippen molar-refractivity contribution in [3.05, 3.63) is 161 Å². The van der Waals surface area contributed by atoms with Crippen molar-refractivity contribution in [3.63, 3.8) is 0 Å². The molecule has 6 aromatic carbocycles. The van der Waals surface area contributed by atoms with Crippen molar-refractivity contribution >= 4 is 44.1 Å². The molecular formula is C42H17F5N6. The topological polar surface area (TPSA) is 71.2 Å². The van der Waals surface area contributed by atoms with Crippen LogP contribution in [-0.2, 0) is 0 Å². The Hall–Kier alpha value is -7.55. The lowest BCUT2D eigenvalue weighted by atomic mass is 9.95. The van der Waals surface area contributed by atoms with Crippen LogP contribution in [0.4, 0.5) is 33.3 Å². The molecule has 0 aliphatic carbocycles. The van der Waals surface area contributed by atoms with Gasteiger partial charge in [-0.1, -0.05) is 78.9 Å². The van der Waals surface area contributed by atoms with E-state index in [0.717, 1.165) is 0 Å². The van der Waals surface area contributed by atoms with Crippen LogP contribution < -0.4 is 0 Å². The third-order valence-corrected chi connectivity index (χ3v) is 8.92. The molecule has 0 saturated heterocycles. The van der Waals surface area contributed by atoms with Crippen molar-refractivity contribution in [2.45, 2.75) is 0 Å². The van der Waals surface area contributed by atoms with Gasteiger partial charge in [-0.05, 0) is 40.8 Å². The van der Waals surface area contributed by atoms with Crippen LogP contribution >= 0.6 is 0 Å². The van der Waals surface area contributed by atoms with Crippen molar-refractivity contribution < 1.29 is 22.0 Å². The minimum atomic E-state index is -2.25. The van der Waals surface area contributed by atoms with Crippen LogP contribution in [0.3, 0.4) is 0 Å². The van der Waals surface area contributed by atoms with E-state index in [1.54, 1.807) is 66.7 Å². The third-order valence-electron chi connectivity index (χ3n) is 8.92. The fraction of sp³-hybridized carbons (Fsp3) is 0. The van der Waals surface area contributed by atoms with E-state index in [1.165, 1.54) is 24.3 Å². The predicted molar refractivity (Wildman–Crippen MR) is 191 cm³/mol. The van der Waals surface area contributed by atoms with E-state index in [1.807, 2.05) is 12.1 Å². The average Bonchev–Trinajstić information content (AvgIpc) is 3.21. The van der Waals surface area contributed by atoms with Crippen LogP contribution in [0.5, 0.6) is 0 Å². The highest BCUT2D eigenvalue weighted by Crippen LogP contribution is 2.44. The van der Waals surface area contributed by atoms with Gasteiger partial charge in [0, 0.05) is 21.9 Å². The molecule has 8 rings (SSSR count). The number of nitrogens with zero attached hydrogens (tertiary/aromatic N) is 6. The lowest BCUT2D eigenvalue weighted by molar-refractivity contribution is 0.381. The van der Waals surface area contributed by atoms with Crippen molar-refractivity contribution in [1.29, 1.82) is 5.26 Å². The summed E-state index contributed by atoms with van der Waals surface area (Å²) in [6.45, 7) is 15.6. The normalized spacial score (nSPS) is 11.1. The van der Waals surface area contributed by atoms with Gasteiger partial charge in [-0.25, -0.2) is 46.6 Å². The van der Waals surface area contributed by atoms with E-state index in [4.69, 9.17) is 28.1 Å². The molecule has 250 valence electrons. The van der Waals surface area contributed by atoms with Crippen LogP contribution in [0.1, 0.15) is 5.56 Å². The molecule has 53 heavy (non-hydrogen) atoms. The van der Waals surface area contributed by atoms with Gasteiger partial charge >= 0.3 is 0 Å². The van der Waals surface area contributed by atoms with Crippen LogP contribution in [0.2, 0.25) is 0 Å². The molecule has 0 fully saturated rings. The second-order valence-electron chi connectivity index (χ2n) is 11.9. The zero-order valence-corrected chi connectivity index (χ0v) is 26.9. The quantitative estimate of drug-likeness (QED) is 0.0602. The van der Waals surface area contributed by atoms with Gasteiger partial charge in [0.05, 0.1) is 64.0 Å². The maximum absolute atomic E-state index is 14.8. The Balaban J connectivity index is 1.45. The highest BCUT2D eigenvalue weighted by molar-refractivity contribution is 6.24. The number of rotatable bonds is 4. The number of nitriles is 1. The summed E-state index contributed by atoms with van der Waals surface area (Å²) in [4.78, 5) is 22.5. The first kappa shape index (κ1) is 32.6. The maximum atomic E-state index is 14.8. The summed E-state index contributed by atoms with van der Waals surface area (Å²) in [5.41, 5.74) is 3.93. The Labute approximate surface area is 297 Å². The molecule has 0 bridgehead atoms. The van der Waals surface area contributed by atoms with E-state index < -0.39 is 34.6 Å². The number of pyridine rings is 1. The van der Waals surface area contributed by atoms with Gasteiger partial charge in [-0.2, -0.15) is 5.26 Å². The highest BCUT2D eigenvalue weighted by Gasteiger charge is 2.27. The summed E-state index contributed by atoms with van der Waals surface area (Å²) in [6.07, 6.45) is 0. The molecule has 11 heteroatoms. The summed E-state index contributed by atoms with van der Waals surface area (Å²) in [6, 6.07) is 29.9. The second kappa shape index (κ2) is 12.6. The van der Waals surface area contributed by atoms with Gasteiger partial charge in [0.1, 0.15) is 0 Å². The molecule has 0 N–H and O–H groups in total. The van der Waals surface area contributed by atoms with Crippen molar-refractivity contribution in [3.8, 4) is 51.0 Å². The Morgan fingerprint density at radius 3 is 1.68 bits per heavy atom. The molecule has 2 heterocycles. The number of benzene rings is 6. The molecular weight excluding hydrogens is 683 g/mol. The number of aromatic nitrogens is 3. The third kappa shape index (κ3) is 5.26. The molecule has 0 amide bonds. The number of hydrogen-bond donors (Lipinski definition) is 0.